The summed E-state index contributed by atoms with van der Waals surface area (Å²) < 4.78 is 33.9. The van der Waals surface area contributed by atoms with E-state index in [9.17, 15) is 8.42 Å². The second kappa shape index (κ2) is 7.44. The molecule has 0 N–H and O–H groups in total. The minimum atomic E-state index is -3.34. The van der Waals surface area contributed by atoms with Gasteiger partial charge in [0.15, 0.2) is 5.82 Å². The highest BCUT2D eigenvalue weighted by atomic mass is 32.2. The zero-order chi connectivity index (χ0) is 17.2. The zero-order valence-electron chi connectivity index (χ0n) is 14.4. The number of aromatic nitrogens is 2. The van der Waals surface area contributed by atoms with E-state index in [1.165, 1.54) is 0 Å². The van der Waals surface area contributed by atoms with Crippen LogP contribution in [0.15, 0.2) is 4.52 Å². The van der Waals surface area contributed by atoms with Crippen LogP contribution in [0, 0.1) is 0 Å². The van der Waals surface area contributed by atoms with E-state index in [4.69, 9.17) is 4.52 Å². The maximum Gasteiger partial charge on any atom is 0.282 e. The third-order valence-electron chi connectivity index (χ3n) is 4.63. The molecule has 0 atom stereocenters. The third kappa shape index (κ3) is 3.94. The minimum absolute atomic E-state index is 0.503. The second-order valence-corrected chi connectivity index (χ2v) is 8.27. The molecule has 2 aliphatic heterocycles. The molecule has 0 aliphatic carbocycles. The van der Waals surface area contributed by atoms with Crippen molar-refractivity contribution in [2.75, 3.05) is 59.4 Å². The van der Waals surface area contributed by atoms with Crippen LogP contribution >= 0.6 is 0 Å². The fourth-order valence-corrected chi connectivity index (χ4v) is 4.57. The number of hydrogen-bond acceptors (Lipinski definition) is 7. The molecule has 2 saturated heterocycles. The summed E-state index contributed by atoms with van der Waals surface area (Å²) in [6, 6.07) is 0. The highest BCUT2D eigenvalue weighted by molar-refractivity contribution is 7.86. The average molecular weight is 358 g/mol. The number of nitrogens with zero attached hydrogens (tertiary/aromatic N) is 6. The van der Waals surface area contributed by atoms with Crippen LogP contribution in [-0.2, 0) is 23.2 Å². The lowest BCUT2D eigenvalue weighted by molar-refractivity contribution is 0.152. The van der Waals surface area contributed by atoms with Crippen LogP contribution in [0.25, 0.3) is 0 Å². The molecule has 2 fully saturated rings. The van der Waals surface area contributed by atoms with Crippen molar-refractivity contribution in [1.29, 1.82) is 0 Å². The van der Waals surface area contributed by atoms with Crippen molar-refractivity contribution >= 4 is 10.2 Å². The van der Waals surface area contributed by atoms with Gasteiger partial charge in [-0.3, -0.25) is 4.90 Å². The summed E-state index contributed by atoms with van der Waals surface area (Å²) in [5.74, 6) is 1.31. The maximum atomic E-state index is 12.7. The lowest BCUT2D eigenvalue weighted by Crippen LogP contribution is -2.56. The normalized spacial score (nSPS) is 22.9. The van der Waals surface area contributed by atoms with Gasteiger partial charge in [0.2, 0.25) is 5.89 Å². The fraction of sp³-hybridized carbons (Fsp3) is 0.857. The Morgan fingerprint density at radius 2 is 1.58 bits per heavy atom. The largest absolute Gasteiger partial charge is 0.338 e. The van der Waals surface area contributed by atoms with E-state index in [0.717, 1.165) is 19.5 Å². The van der Waals surface area contributed by atoms with Crippen LogP contribution in [0.3, 0.4) is 0 Å². The van der Waals surface area contributed by atoms with Gasteiger partial charge < -0.3 is 9.42 Å². The first-order chi connectivity index (χ1) is 11.5. The Hall–Kier alpha value is -1.07. The molecule has 2 aliphatic rings. The van der Waals surface area contributed by atoms with Gasteiger partial charge >= 0.3 is 0 Å². The van der Waals surface area contributed by atoms with Gasteiger partial charge in [0, 0.05) is 58.8 Å². The number of aryl methyl sites for hydroxylation is 1. The Balaban J connectivity index is 1.52. The van der Waals surface area contributed by atoms with E-state index >= 15 is 0 Å². The van der Waals surface area contributed by atoms with E-state index in [0.29, 0.717) is 57.5 Å². The molecule has 24 heavy (non-hydrogen) atoms. The van der Waals surface area contributed by atoms with Gasteiger partial charge in [0.05, 0.1) is 6.54 Å². The molecule has 0 spiro atoms. The third-order valence-corrected chi connectivity index (χ3v) is 6.67. The monoisotopic (exact) mass is 358 g/mol. The van der Waals surface area contributed by atoms with E-state index in [1.807, 2.05) is 14.0 Å². The summed E-state index contributed by atoms with van der Waals surface area (Å²) in [5, 5.41) is 3.89. The molecule has 3 rings (SSSR count). The molecule has 0 aromatic carbocycles. The molecular weight excluding hydrogens is 332 g/mol. The molecular formula is C14H26N6O3S. The van der Waals surface area contributed by atoms with E-state index in [-0.39, 0.29) is 0 Å². The van der Waals surface area contributed by atoms with E-state index in [1.54, 1.807) is 8.61 Å². The minimum Gasteiger partial charge on any atom is -0.338 e. The topological polar surface area (TPSA) is 86.0 Å². The van der Waals surface area contributed by atoms with Crippen molar-refractivity contribution in [3.8, 4) is 0 Å². The van der Waals surface area contributed by atoms with E-state index in [2.05, 4.69) is 19.9 Å². The number of piperazine rings is 2. The Bertz CT molecular complexity index is 633. The van der Waals surface area contributed by atoms with Crippen molar-refractivity contribution in [2.45, 2.75) is 19.9 Å². The molecule has 136 valence electrons. The molecule has 1 aromatic rings. The van der Waals surface area contributed by atoms with Crippen molar-refractivity contribution in [2.24, 2.45) is 0 Å². The molecule has 0 radical (unpaired) electrons. The summed E-state index contributed by atoms with van der Waals surface area (Å²) >= 11 is 0. The van der Waals surface area contributed by atoms with Gasteiger partial charge in [0.1, 0.15) is 0 Å². The van der Waals surface area contributed by atoms with Gasteiger partial charge in [-0.25, -0.2) is 0 Å². The lowest BCUT2D eigenvalue weighted by atomic mass is 10.3. The number of hydrogen-bond donors (Lipinski definition) is 0. The molecule has 1 aromatic heterocycles. The Morgan fingerprint density at radius 1 is 1.00 bits per heavy atom. The fourth-order valence-electron chi connectivity index (χ4n) is 2.99. The Kier molecular flexibility index (Phi) is 5.50. The highest BCUT2D eigenvalue weighted by Crippen LogP contribution is 2.15. The Labute approximate surface area is 143 Å². The van der Waals surface area contributed by atoms with Crippen LogP contribution in [-0.4, -0.2) is 96.4 Å². The quantitative estimate of drug-likeness (QED) is 0.684. The van der Waals surface area contributed by atoms with Gasteiger partial charge in [-0.2, -0.15) is 22.0 Å². The van der Waals surface area contributed by atoms with Crippen LogP contribution in [0.1, 0.15) is 18.6 Å². The number of rotatable bonds is 5. The summed E-state index contributed by atoms with van der Waals surface area (Å²) in [6.07, 6.45) is 0.751. The van der Waals surface area contributed by atoms with Crippen molar-refractivity contribution in [3.63, 3.8) is 0 Å². The van der Waals surface area contributed by atoms with Gasteiger partial charge in [-0.1, -0.05) is 12.1 Å². The molecule has 0 unspecified atom stereocenters. The predicted molar refractivity (Wildman–Crippen MR) is 88.5 cm³/mol. The standard InChI is InChI=1S/C14H26N6O3S/c1-3-13-15-14(23-16-13)12-18-6-10-20(11-7-18)24(21,22)19-8-4-17(2)5-9-19/h3-12H2,1-2H3. The molecule has 3 heterocycles. The molecule has 0 amide bonds. The van der Waals surface area contributed by atoms with Gasteiger partial charge in [-0.05, 0) is 7.05 Å². The summed E-state index contributed by atoms with van der Waals surface area (Å²) in [5.41, 5.74) is 0. The smallest absolute Gasteiger partial charge is 0.282 e. The molecule has 9 nitrogen and oxygen atoms in total. The zero-order valence-corrected chi connectivity index (χ0v) is 15.2. The maximum absolute atomic E-state index is 12.7. The second-order valence-electron chi connectivity index (χ2n) is 6.34. The van der Waals surface area contributed by atoms with Gasteiger partial charge in [-0.15, -0.1) is 0 Å². The lowest BCUT2D eigenvalue weighted by Gasteiger charge is -2.38. The van der Waals surface area contributed by atoms with Gasteiger partial charge in [0.25, 0.3) is 10.2 Å². The van der Waals surface area contributed by atoms with Crippen LogP contribution in [0.4, 0.5) is 0 Å². The first kappa shape index (κ1) is 17.7. The van der Waals surface area contributed by atoms with Crippen LogP contribution in [0.5, 0.6) is 0 Å². The van der Waals surface area contributed by atoms with Crippen LogP contribution in [0.2, 0.25) is 0 Å². The first-order valence-electron chi connectivity index (χ1n) is 8.46. The summed E-state index contributed by atoms with van der Waals surface area (Å²) in [6.45, 7) is 7.64. The average Bonchev–Trinajstić information content (AvgIpc) is 3.03. The first-order valence-corrected chi connectivity index (χ1v) is 9.86. The molecule has 0 bridgehead atoms. The van der Waals surface area contributed by atoms with Crippen molar-refractivity contribution in [1.82, 2.24) is 28.6 Å². The van der Waals surface area contributed by atoms with Crippen LogP contribution < -0.4 is 0 Å². The SMILES string of the molecule is CCc1noc(CN2CCN(S(=O)(=O)N3CCN(C)CC3)CC2)n1. The summed E-state index contributed by atoms with van der Waals surface area (Å²) in [7, 11) is -1.32. The van der Waals surface area contributed by atoms with Crippen molar-refractivity contribution < 1.29 is 12.9 Å². The molecule has 0 saturated carbocycles. The Morgan fingerprint density at radius 3 is 2.12 bits per heavy atom. The van der Waals surface area contributed by atoms with Crippen molar-refractivity contribution in [3.05, 3.63) is 11.7 Å². The summed E-state index contributed by atoms with van der Waals surface area (Å²) in [4.78, 5) is 8.61. The number of likely N-dealkylation sites (N-methyl/N-ethyl adjacent to an activating group) is 1. The predicted octanol–water partition coefficient (Wildman–Crippen LogP) is -0.758. The molecule has 10 heteroatoms. The highest BCUT2D eigenvalue weighted by Gasteiger charge is 2.33. The van der Waals surface area contributed by atoms with E-state index < -0.39 is 10.2 Å².